The van der Waals surface area contributed by atoms with E-state index in [0.717, 1.165) is 12.0 Å². The van der Waals surface area contributed by atoms with E-state index in [0.29, 0.717) is 12.2 Å². The third-order valence-electron chi connectivity index (χ3n) is 2.18. The number of nitrogens with zero attached hydrogens (tertiary/aromatic N) is 1. The van der Waals surface area contributed by atoms with Crippen LogP contribution in [0, 0.1) is 0 Å². The lowest BCUT2D eigenvalue weighted by atomic mass is 10.1. The minimum absolute atomic E-state index is 0.113. The molecule has 1 fully saturated rings. The standard InChI is InChI=1S/C9H11N3O2/c10-9(13)7-3-6(4-11-5-7)8-1-2-14-12-8/h3-5,8,12H,1-2H2,(H2,10,13). The van der Waals surface area contributed by atoms with E-state index in [9.17, 15) is 4.79 Å². The number of carbonyl (C=O) groups excluding carboxylic acids is 1. The van der Waals surface area contributed by atoms with Crippen LogP contribution in [-0.2, 0) is 4.84 Å². The number of amides is 1. The summed E-state index contributed by atoms with van der Waals surface area (Å²) in [5.74, 6) is -0.460. The second kappa shape index (κ2) is 3.73. The van der Waals surface area contributed by atoms with Gasteiger partial charge in [0.15, 0.2) is 0 Å². The minimum atomic E-state index is -0.460. The fraction of sp³-hybridized carbons (Fsp3) is 0.333. The first-order chi connectivity index (χ1) is 6.77. The van der Waals surface area contributed by atoms with E-state index in [1.807, 2.05) is 0 Å². The molecule has 0 saturated carbocycles. The Hall–Kier alpha value is -1.46. The maximum atomic E-state index is 10.9. The molecule has 0 aromatic carbocycles. The van der Waals surface area contributed by atoms with Crippen molar-refractivity contribution in [3.8, 4) is 0 Å². The summed E-state index contributed by atoms with van der Waals surface area (Å²) >= 11 is 0. The Morgan fingerprint density at radius 1 is 1.64 bits per heavy atom. The third kappa shape index (κ3) is 1.73. The van der Waals surface area contributed by atoms with Gasteiger partial charge in [-0.05, 0) is 18.1 Å². The number of hydrogen-bond donors (Lipinski definition) is 2. The van der Waals surface area contributed by atoms with Crippen LogP contribution in [0.25, 0.3) is 0 Å². The first kappa shape index (κ1) is 9.11. The van der Waals surface area contributed by atoms with E-state index >= 15 is 0 Å². The van der Waals surface area contributed by atoms with Gasteiger partial charge in [0, 0.05) is 12.4 Å². The van der Waals surface area contributed by atoms with Crippen LogP contribution in [0.1, 0.15) is 28.4 Å². The lowest BCUT2D eigenvalue weighted by Gasteiger charge is -2.08. The van der Waals surface area contributed by atoms with Gasteiger partial charge in [0.1, 0.15) is 0 Å². The van der Waals surface area contributed by atoms with Gasteiger partial charge in [-0.2, -0.15) is 5.48 Å². The van der Waals surface area contributed by atoms with Gasteiger partial charge in [0.2, 0.25) is 5.91 Å². The summed E-state index contributed by atoms with van der Waals surface area (Å²) in [4.78, 5) is 19.9. The van der Waals surface area contributed by atoms with Crippen molar-refractivity contribution in [1.29, 1.82) is 0 Å². The smallest absolute Gasteiger partial charge is 0.250 e. The summed E-state index contributed by atoms with van der Waals surface area (Å²) in [7, 11) is 0. The Morgan fingerprint density at radius 3 is 3.14 bits per heavy atom. The molecular weight excluding hydrogens is 182 g/mol. The molecule has 1 aromatic heterocycles. The van der Waals surface area contributed by atoms with Crippen molar-refractivity contribution in [1.82, 2.24) is 10.5 Å². The number of nitrogens with one attached hydrogen (secondary N) is 1. The molecule has 1 saturated heterocycles. The molecule has 1 unspecified atom stereocenters. The molecule has 0 radical (unpaired) electrons. The van der Waals surface area contributed by atoms with Crippen molar-refractivity contribution >= 4 is 5.91 Å². The highest BCUT2D eigenvalue weighted by molar-refractivity contribution is 5.92. The molecule has 1 atom stereocenters. The molecule has 1 aliphatic heterocycles. The molecular formula is C9H11N3O2. The van der Waals surface area contributed by atoms with Gasteiger partial charge in [-0.3, -0.25) is 9.78 Å². The van der Waals surface area contributed by atoms with Crippen LogP contribution >= 0.6 is 0 Å². The second-order valence-corrected chi connectivity index (χ2v) is 3.18. The van der Waals surface area contributed by atoms with Gasteiger partial charge in [-0.15, -0.1) is 0 Å². The molecule has 5 heteroatoms. The Labute approximate surface area is 81.2 Å². The van der Waals surface area contributed by atoms with Gasteiger partial charge in [-0.25, -0.2) is 0 Å². The zero-order valence-corrected chi connectivity index (χ0v) is 7.56. The van der Waals surface area contributed by atoms with Gasteiger partial charge in [-0.1, -0.05) is 0 Å². The molecule has 5 nitrogen and oxygen atoms in total. The van der Waals surface area contributed by atoms with Gasteiger partial charge < -0.3 is 10.6 Å². The topological polar surface area (TPSA) is 77.2 Å². The van der Waals surface area contributed by atoms with Crippen LogP contribution < -0.4 is 11.2 Å². The van der Waals surface area contributed by atoms with Crippen molar-refractivity contribution in [2.45, 2.75) is 12.5 Å². The number of rotatable bonds is 2. The van der Waals surface area contributed by atoms with E-state index in [-0.39, 0.29) is 6.04 Å². The van der Waals surface area contributed by atoms with Crippen molar-refractivity contribution in [2.75, 3.05) is 6.61 Å². The van der Waals surface area contributed by atoms with Crippen LogP contribution in [0.4, 0.5) is 0 Å². The number of aromatic nitrogens is 1. The van der Waals surface area contributed by atoms with Gasteiger partial charge in [0.05, 0.1) is 18.2 Å². The fourth-order valence-electron chi connectivity index (χ4n) is 1.41. The molecule has 2 heterocycles. The second-order valence-electron chi connectivity index (χ2n) is 3.18. The van der Waals surface area contributed by atoms with Crippen molar-refractivity contribution in [3.63, 3.8) is 0 Å². The molecule has 2 rings (SSSR count). The van der Waals surface area contributed by atoms with Crippen molar-refractivity contribution in [3.05, 3.63) is 29.6 Å². The number of pyridine rings is 1. The largest absolute Gasteiger partial charge is 0.366 e. The molecule has 0 spiro atoms. The number of nitrogens with two attached hydrogens (primary N) is 1. The van der Waals surface area contributed by atoms with Crippen molar-refractivity contribution in [2.24, 2.45) is 5.73 Å². The van der Waals surface area contributed by atoms with Crippen LogP contribution in [0.2, 0.25) is 0 Å². The van der Waals surface area contributed by atoms with Gasteiger partial charge in [0.25, 0.3) is 0 Å². The average molecular weight is 193 g/mol. The first-order valence-corrected chi connectivity index (χ1v) is 4.39. The molecule has 1 amide bonds. The number of hydroxylamine groups is 1. The summed E-state index contributed by atoms with van der Waals surface area (Å²) < 4.78 is 0. The normalized spacial score (nSPS) is 21.0. The van der Waals surface area contributed by atoms with E-state index in [4.69, 9.17) is 10.6 Å². The minimum Gasteiger partial charge on any atom is -0.366 e. The van der Waals surface area contributed by atoms with Crippen LogP contribution in [0.5, 0.6) is 0 Å². The van der Waals surface area contributed by atoms with E-state index in [1.165, 1.54) is 6.20 Å². The Bertz CT molecular complexity index is 348. The number of hydrogen-bond acceptors (Lipinski definition) is 4. The Morgan fingerprint density at radius 2 is 2.50 bits per heavy atom. The third-order valence-corrected chi connectivity index (χ3v) is 2.18. The molecule has 1 aromatic rings. The lowest BCUT2D eigenvalue weighted by Crippen LogP contribution is -2.15. The highest BCUT2D eigenvalue weighted by Gasteiger charge is 2.18. The maximum Gasteiger partial charge on any atom is 0.250 e. The van der Waals surface area contributed by atoms with E-state index in [2.05, 4.69) is 10.5 Å². The van der Waals surface area contributed by atoms with Crippen LogP contribution in [-0.4, -0.2) is 17.5 Å². The summed E-state index contributed by atoms with van der Waals surface area (Å²) in [6.45, 7) is 0.672. The van der Waals surface area contributed by atoms with Crippen LogP contribution in [0.15, 0.2) is 18.5 Å². The summed E-state index contributed by atoms with van der Waals surface area (Å²) in [5, 5.41) is 0. The van der Waals surface area contributed by atoms with Crippen molar-refractivity contribution < 1.29 is 9.63 Å². The fourth-order valence-corrected chi connectivity index (χ4v) is 1.41. The first-order valence-electron chi connectivity index (χ1n) is 4.39. The average Bonchev–Trinajstić information content (AvgIpc) is 2.71. The molecule has 74 valence electrons. The SMILES string of the molecule is NC(=O)c1cncc(C2CCON2)c1. The summed E-state index contributed by atoms with van der Waals surface area (Å²) in [5.41, 5.74) is 9.35. The van der Waals surface area contributed by atoms with Crippen LogP contribution in [0.3, 0.4) is 0 Å². The van der Waals surface area contributed by atoms with E-state index in [1.54, 1.807) is 12.3 Å². The van der Waals surface area contributed by atoms with Gasteiger partial charge >= 0.3 is 0 Å². The quantitative estimate of drug-likeness (QED) is 0.700. The number of carbonyl (C=O) groups is 1. The van der Waals surface area contributed by atoms with E-state index < -0.39 is 5.91 Å². The zero-order valence-electron chi connectivity index (χ0n) is 7.56. The maximum absolute atomic E-state index is 10.9. The summed E-state index contributed by atoms with van der Waals surface area (Å²) in [6, 6.07) is 1.85. The molecule has 14 heavy (non-hydrogen) atoms. The molecule has 0 aliphatic carbocycles. The lowest BCUT2D eigenvalue weighted by molar-refractivity contribution is 0.0881. The predicted octanol–water partition coefficient (Wildman–Crippen LogP) is 0.146. The number of primary amides is 1. The molecule has 0 bridgehead atoms. The highest BCUT2D eigenvalue weighted by atomic mass is 16.7. The zero-order chi connectivity index (χ0) is 9.97. The Kier molecular flexibility index (Phi) is 2.43. The monoisotopic (exact) mass is 193 g/mol. The molecule has 3 N–H and O–H groups in total. The Balaban J connectivity index is 2.25. The highest BCUT2D eigenvalue weighted by Crippen LogP contribution is 2.20. The predicted molar refractivity (Wildman–Crippen MR) is 49.2 cm³/mol. The summed E-state index contributed by atoms with van der Waals surface area (Å²) in [6.07, 6.45) is 4.05. The molecule has 1 aliphatic rings.